The third kappa shape index (κ3) is 4.46. The Morgan fingerprint density at radius 2 is 1.84 bits per heavy atom. The van der Waals surface area contributed by atoms with Crippen LogP contribution in [-0.2, 0) is 10.0 Å². The molecular formula is C24H25N3O3S. The number of nitrogens with one attached hydrogen (secondary N) is 1. The molecule has 2 aromatic carbocycles. The lowest BCUT2D eigenvalue weighted by atomic mass is 10.1. The molecule has 0 aliphatic carbocycles. The van der Waals surface area contributed by atoms with E-state index in [1.165, 1.54) is 12.1 Å². The van der Waals surface area contributed by atoms with Crippen LogP contribution in [0.1, 0.15) is 45.9 Å². The highest BCUT2D eigenvalue weighted by atomic mass is 32.2. The largest absolute Gasteiger partial charge is 0.332 e. The lowest BCUT2D eigenvalue weighted by molar-refractivity contribution is 0.0735. The highest BCUT2D eigenvalue weighted by Crippen LogP contribution is 2.32. The number of likely N-dealkylation sites (tertiary alicyclic amines) is 1. The standard InChI is InChI=1S/C24H25N3O3S/c1-17-7-10-21(15-18(17)2)26-31(29,30)22-11-8-19(9-12-22)24(28)27-14-4-6-23(27)20-5-3-13-25-16-20/h3,5,7-13,15-16,23,26H,4,6,14H2,1-2H3/t23-/m1/s1. The van der Waals surface area contributed by atoms with Gasteiger partial charge in [-0.2, -0.15) is 0 Å². The number of nitrogens with zero attached hydrogens (tertiary/aromatic N) is 2. The zero-order chi connectivity index (χ0) is 22.0. The lowest BCUT2D eigenvalue weighted by Crippen LogP contribution is -2.30. The normalized spacial score (nSPS) is 16.3. The Bertz CT molecular complexity index is 1190. The van der Waals surface area contributed by atoms with E-state index in [0.717, 1.165) is 29.5 Å². The second-order valence-corrected chi connectivity index (χ2v) is 9.55. The van der Waals surface area contributed by atoms with Crippen molar-refractivity contribution in [3.63, 3.8) is 0 Å². The summed E-state index contributed by atoms with van der Waals surface area (Å²) in [4.78, 5) is 19.2. The van der Waals surface area contributed by atoms with Gasteiger partial charge in [-0.05, 0) is 85.8 Å². The van der Waals surface area contributed by atoms with Gasteiger partial charge in [-0.15, -0.1) is 0 Å². The number of carbonyl (C=O) groups excluding carboxylic acids is 1. The van der Waals surface area contributed by atoms with Crippen LogP contribution in [0.3, 0.4) is 0 Å². The summed E-state index contributed by atoms with van der Waals surface area (Å²) in [5, 5.41) is 0. The van der Waals surface area contributed by atoms with Gasteiger partial charge < -0.3 is 4.90 Å². The molecule has 1 atom stereocenters. The molecular weight excluding hydrogens is 410 g/mol. The van der Waals surface area contributed by atoms with E-state index in [1.807, 2.05) is 36.9 Å². The lowest BCUT2D eigenvalue weighted by Gasteiger charge is -2.25. The molecule has 2 heterocycles. The SMILES string of the molecule is Cc1ccc(NS(=O)(=O)c2ccc(C(=O)N3CCC[C@@H]3c3cccnc3)cc2)cc1C. The molecule has 1 fully saturated rings. The maximum atomic E-state index is 13.1. The van der Waals surface area contributed by atoms with E-state index in [-0.39, 0.29) is 16.8 Å². The van der Waals surface area contributed by atoms with Gasteiger partial charge in [0.15, 0.2) is 0 Å². The van der Waals surface area contributed by atoms with Crippen molar-refractivity contribution in [2.24, 2.45) is 0 Å². The Morgan fingerprint density at radius 3 is 2.52 bits per heavy atom. The topological polar surface area (TPSA) is 79.4 Å². The van der Waals surface area contributed by atoms with Crippen LogP contribution in [0.2, 0.25) is 0 Å². The predicted molar refractivity (Wildman–Crippen MR) is 120 cm³/mol. The number of anilines is 1. The first-order valence-corrected chi connectivity index (χ1v) is 11.7. The van der Waals surface area contributed by atoms with Gasteiger partial charge in [0.1, 0.15) is 0 Å². The first-order chi connectivity index (χ1) is 14.8. The number of amides is 1. The fourth-order valence-electron chi connectivity index (χ4n) is 3.89. The molecule has 3 aromatic rings. The summed E-state index contributed by atoms with van der Waals surface area (Å²) in [6.07, 6.45) is 5.33. The number of aryl methyl sites for hydroxylation is 2. The van der Waals surface area contributed by atoms with Crippen LogP contribution in [0, 0.1) is 13.8 Å². The maximum absolute atomic E-state index is 13.1. The second kappa shape index (κ2) is 8.51. The van der Waals surface area contributed by atoms with Gasteiger partial charge in [0.25, 0.3) is 15.9 Å². The van der Waals surface area contributed by atoms with Crippen molar-refractivity contribution in [3.8, 4) is 0 Å². The zero-order valence-corrected chi connectivity index (χ0v) is 18.4. The number of hydrogen-bond acceptors (Lipinski definition) is 4. The molecule has 1 amide bonds. The number of aromatic nitrogens is 1. The first-order valence-electron chi connectivity index (χ1n) is 10.3. The molecule has 7 heteroatoms. The molecule has 1 aromatic heterocycles. The summed E-state index contributed by atoms with van der Waals surface area (Å²) in [5.74, 6) is -0.0996. The highest BCUT2D eigenvalue weighted by Gasteiger charge is 2.30. The van der Waals surface area contributed by atoms with Gasteiger partial charge >= 0.3 is 0 Å². The molecule has 31 heavy (non-hydrogen) atoms. The van der Waals surface area contributed by atoms with E-state index < -0.39 is 10.0 Å². The fourth-order valence-corrected chi connectivity index (χ4v) is 4.94. The molecule has 1 aliphatic heterocycles. The van der Waals surface area contributed by atoms with Crippen LogP contribution in [0.15, 0.2) is 71.9 Å². The van der Waals surface area contributed by atoms with E-state index in [4.69, 9.17) is 0 Å². The molecule has 6 nitrogen and oxygen atoms in total. The van der Waals surface area contributed by atoms with Crippen LogP contribution >= 0.6 is 0 Å². The van der Waals surface area contributed by atoms with Crippen molar-refractivity contribution < 1.29 is 13.2 Å². The summed E-state index contributed by atoms with van der Waals surface area (Å²) >= 11 is 0. The first kappa shape index (κ1) is 21.1. The Hall–Kier alpha value is -3.19. The average Bonchev–Trinajstić information content (AvgIpc) is 3.26. The Morgan fingerprint density at radius 1 is 1.06 bits per heavy atom. The molecule has 4 rings (SSSR count). The van der Waals surface area contributed by atoms with Gasteiger partial charge in [-0.25, -0.2) is 8.42 Å². The summed E-state index contributed by atoms with van der Waals surface area (Å²) in [6, 6.07) is 15.4. The third-order valence-corrected chi connectivity index (χ3v) is 7.15. The molecule has 1 N–H and O–H groups in total. The van der Waals surface area contributed by atoms with Crippen molar-refractivity contribution in [3.05, 3.63) is 89.2 Å². The minimum Gasteiger partial charge on any atom is -0.332 e. The van der Waals surface area contributed by atoms with Crippen LogP contribution in [0.5, 0.6) is 0 Å². The quantitative estimate of drug-likeness (QED) is 0.641. The molecule has 0 saturated carbocycles. The van der Waals surface area contributed by atoms with Gasteiger partial charge in [-0.3, -0.25) is 14.5 Å². The number of hydrogen-bond donors (Lipinski definition) is 1. The van der Waals surface area contributed by atoms with Crippen LogP contribution in [-0.4, -0.2) is 30.8 Å². The highest BCUT2D eigenvalue weighted by molar-refractivity contribution is 7.92. The fraction of sp³-hybridized carbons (Fsp3) is 0.250. The number of rotatable bonds is 5. The van der Waals surface area contributed by atoms with Crippen molar-refractivity contribution in [1.29, 1.82) is 0 Å². The van der Waals surface area contributed by atoms with Crippen LogP contribution in [0.25, 0.3) is 0 Å². The molecule has 1 saturated heterocycles. The van der Waals surface area contributed by atoms with E-state index in [0.29, 0.717) is 17.8 Å². The Kier molecular flexibility index (Phi) is 5.78. The van der Waals surface area contributed by atoms with Crippen molar-refractivity contribution in [2.45, 2.75) is 37.6 Å². The summed E-state index contributed by atoms with van der Waals surface area (Å²) in [5.41, 5.74) is 4.11. The van der Waals surface area contributed by atoms with E-state index in [1.54, 1.807) is 36.7 Å². The predicted octanol–water partition coefficient (Wildman–Crippen LogP) is 4.48. The van der Waals surface area contributed by atoms with E-state index in [9.17, 15) is 13.2 Å². The zero-order valence-electron chi connectivity index (χ0n) is 17.6. The minimum absolute atomic E-state index is 0.00365. The number of pyridine rings is 1. The summed E-state index contributed by atoms with van der Waals surface area (Å²) < 4.78 is 28.1. The van der Waals surface area contributed by atoms with Crippen LogP contribution < -0.4 is 4.72 Å². The summed E-state index contributed by atoms with van der Waals surface area (Å²) in [6.45, 7) is 4.58. The number of benzene rings is 2. The van der Waals surface area contributed by atoms with Gasteiger partial charge in [0.2, 0.25) is 0 Å². The molecule has 0 unspecified atom stereocenters. The second-order valence-electron chi connectivity index (χ2n) is 7.87. The number of sulfonamides is 1. The maximum Gasteiger partial charge on any atom is 0.261 e. The van der Waals surface area contributed by atoms with Gasteiger partial charge in [0, 0.05) is 30.2 Å². The molecule has 1 aliphatic rings. The van der Waals surface area contributed by atoms with Gasteiger partial charge in [0.05, 0.1) is 10.9 Å². The monoisotopic (exact) mass is 435 g/mol. The smallest absolute Gasteiger partial charge is 0.261 e. The van der Waals surface area contributed by atoms with Crippen molar-refractivity contribution in [1.82, 2.24) is 9.88 Å². The summed E-state index contributed by atoms with van der Waals surface area (Å²) in [7, 11) is -3.74. The minimum atomic E-state index is -3.74. The average molecular weight is 436 g/mol. The van der Waals surface area contributed by atoms with Crippen LogP contribution in [0.4, 0.5) is 5.69 Å². The van der Waals surface area contributed by atoms with Crippen molar-refractivity contribution in [2.75, 3.05) is 11.3 Å². The molecule has 0 radical (unpaired) electrons. The van der Waals surface area contributed by atoms with Crippen molar-refractivity contribution >= 4 is 21.6 Å². The Labute approximate surface area is 183 Å². The van der Waals surface area contributed by atoms with E-state index >= 15 is 0 Å². The number of carbonyl (C=O) groups is 1. The Balaban J connectivity index is 1.52. The molecule has 0 bridgehead atoms. The molecule has 0 spiro atoms. The van der Waals surface area contributed by atoms with E-state index in [2.05, 4.69) is 9.71 Å². The molecule has 160 valence electrons. The van der Waals surface area contributed by atoms with Gasteiger partial charge in [-0.1, -0.05) is 12.1 Å². The third-order valence-electron chi connectivity index (χ3n) is 5.75.